The Kier molecular flexibility index (Phi) is 24.4. The second-order valence-corrected chi connectivity index (χ2v) is 10.8. The molecule has 0 amide bonds. The van der Waals surface area contributed by atoms with Crippen molar-refractivity contribution in [3.05, 3.63) is 11.5 Å². The second kappa shape index (κ2) is 23.4. The van der Waals surface area contributed by atoms with Gasteiger partial charge in [0.05, 0.1) is 27.4 Å². The van der Waals surface area contributed by atoms with Gasteiger partial charge in [-0.3, -0.25) is 0 Å². The Hall–Kier alpha value is -0.921. The van der Waals surface area contributed by atoms with Gasteiger partial charge in [-0.1, -0.05) is 26.7 Å². The summed E-state index contributed by atoms with van der Waals surface area (Å²) in [4.78, 5) is 23.6. The maximum absolute atomic E-state index is 11.8. The summed E-state index contributed by atoms with van der Waals surface area (Å²) in [6.07, 6.45) is 9.12. The molecule has 0 rings (SSSR count). The molecular weight excluding hydrogens is 479 g/mol. The van der Waals surface area contributed by atoms with Gasteiger partial charge < -0.3 is 18.9 Å². The molecule has 0 saturated carbocycles. The normalized spacial score (nSPS) is 11.0. The van der Waals surface area contributed by atoms with Crippen LogP contribution in [-0.4, -0.2) is 60.5 Å². The molecule has 0 N–H and O–H groups in total. The Morgan fingerprint density at radius 1 is 0.621 bits per heavy atom. The molecule has 0 unspecified atom stereocenters. The molecule has 2 radical (unpaired) electrons. The van der Waals surface area contributed by atoms with E-state index >= 15 is 0 Å². The molecule has 170 valence electrons. The number of unbranched alkanes of at least 4 members (excludes halogenated alkanes) is 4. The zero-order valence-corrected chi connectivity index (χ0v) is 22.3. The molecule has 0 aromatic rings. The first-order valence-electron chi connectivity index (χ1n) is 10.9. The minimum absolute atomic E-state index is 0.149. The van der Waals surface area contributed by atoms with Crippen molar-refractivity contribution < 1.29 is 28.5 Å². The molecule has 7 heteroatoms. The monoisotopic (exact) mass is 522 g/mol. The predicted octanol–water partition coefficient (Wildman–Crippen LogP) is 5.30. The van der Waals surface area contributed by atoms with Crippen LogP contribution in [0.2, 0.25) is 8.87 Å². The van der Waals surface area contributed by atoms with Crippen LogP contribution in [0.1, 0.15) is 79.1 Å². The van der Waals surface area contributed by atoms with Gasteiger partial charge in [0.15, 0.2) is 0 Å². The molecule has 0 bridgehead atoms. The summed E-state index contributed by atoms with van der Waals surface area (Å²) in [7, 11) is 2.55. The van der Waals surface area contributed by atoms with Gasteiger partial charge in [-0.15, -0.1) is 0 Å². The fourth-order valence-corrected chi connectivity index (χ4v) is 6.17. The molecular formula is C22H42O6Sn. The van der Waals surface area contributed by atoms with Crippen molar-refractivity contribution in [3.8, 4) is 0 Å². The van der Waals surface area contributed by atoms with Crippen LogP contribution in [0.15, 0.2) is 11.5 Å². The van der Waals surface area contributed by atoms with Gasteiger partial charge >= 0.3 is 81.5 Å². The number of ether oxygens (including phenoxy) is 4. The van der Waals surface area contributed by atoms with E-state index in [9.17, 15) is 9.59 Å². The third-order valence-corrected chi connectivity index (χ3v) is 7.90. The van der Waals surface area contributed by atoms with Gasteiger partial charge in [-0.2, -0.15) is 0 Å². The van der Waals surface area contributed by atoms with E-state index in [1.165, 1.54) is 39.9 Å². The van der Waals surface area contributed by atoms with Gasteiger partial charge in [0, 0.05) is 0 Å². The summed E-state index contributed by atoms with van der Waals surface area (Å²) < 4.78 is 23.0. The molecule has 0 atom stereocenters. The first-order valence-corrected chi connectivity index (χ1v) is 14.9. The summed E-state index contributed by atoms with van der Waals surface area (Å²) in [5, 5.41) is 0. The standard InChI is InChI=1S/C14H24O6.2C4H9.Sn/c1-5-7-9-19-13(15)11(17-3)12(18-4)14(16)20-10-8-6-2;2*1-3-4-2;/h5-10H2,1-4H3;2*1,3-4H2,2H3;/b12-11-;;;. The first-order chi connectivity index (χ1) is 14.0. The fourth-order valence-electron chi connectivity index (χ4n) is 2.02. The molecule has 29 heavy (non-hydrogen) atoms. The van der Waals surface area contributed by atoms with Gasteiger partial charge in [0.2, 0.25) is 0 Å². The van der Waals surface area contributed by atoms with Crippen LogP contribution in [0.3, 0.4) is 0 Å². The Labute approximate surface area is 188 Å². The van der Waals surface area contributed by atoms with Crippen LogP contribution < -0.4 is 0 Å². The van der Waals surface area contributed by atoms with Crippen LogP contribution in [0.4, 0.5) is 0 Å². The van der Waals surface area contributed by atoms with Gasteiger partial charge in [-0.05, 0) is 12.8 Å². The third kappa shape index (κ3) is 17.6. The number of methoxy groups -OCH3 is 2. The Bertz CT molecular complexity index is 399. The van der Waals surface area contributed by atoms with E-state index in [-0.39, 0.29) is 45.9 Å². The summed E-state index contributed by atoms with van der Waals surface area (Å²) >= 11 is 0.149. The van der Waals surface area contributed by atoms with Crippen LogP contribution in [-0.2, 0) is 28.5 Å². The number of esters is 2. The Morgan fingerprint density at radius 3 is 1.24 bits per heavy atom. The van der Waals surface area contributed by atoms with Crippen LogP contribution in [0, 0.1) is 0 Å². The van der Waals surface area contributed by atoms with Crippen LogP contribution >= 0.6 is 0 Å². The molecule has 0 spiro atoms. The number of hydrogen-bond acceptors (Lipinski definition) is 6. The molecule has 6 nitrogen and oxygen atoms in total. The molecule has 0 fully saturated rings. The second-order valence-electron chi connectivity index (χ2n) is 6.50. The van der Waals surface area contributed by atoms with E-state index in [1.54, 1.807) is 8.87 Å². The molecule has 0 aromatic carbocycles. The fraction of sp³-hybridized carbons (Fsp3) is 0.818. The average molecular weight is 521 g/mol. The number of carbonyl (C=O) groups is 2. The van der Waals surface area contributed by atoms with E-state index in [1.807, 2.05) is 13.8 Å². The van der Waals surface area contributed by atoms with Crippen molar-refractivity contribution in [2.75, 3.05) is 27.4 Å². The van der Waals surface area contributed by atoms with E-state index in [0.717, 1.165) is 25.7 Å². The number of carbonyl (C=O) groups excluding carboxylic acids is 2. The van der Waals surface area contributed by atoms with Crippen molar-refractivity contribution in [1.82, 2.24) is 0 Å². The number of hydrogen-bond donors (Lipinski definition) is 0. The van der Waals surface area contributed by atoms with E-state index in [2.05, 4.69) is 13.8 Å². The number of rotatable bonds is 16. The first kappa shape index (κ1) is 30.3. The predicted molar refractivity (Wildman–Crippen MR) is 118 cm³/mol. The summed E-state index contributed by atoms with van der Waals surface area (Å²) in [5.41, 5.74) is 0. The maximum atomic E-state index is 11.8. The van der Waals surface area contributed by atoms with Crippen molar-refractivity contribution in [2.24, 2.45) is 0 Å². The van der Waals surface area contributed by atoms with Crippen LogP contribution in [0.5, 0.6) is 0 Å². The van der Waals surface area contributed by atoms with E-state index in [4.69, 9.17) is 18.9 Å². The van der Waals surface area contributed by atoms with Crippen molar-refractivity contribution in [1.29, 1.82) is 0 Å². The molecule has 0 aliphatic heterocycles. The molecule has 0 heterocycles. The van der Waals surface area contributed by atoms with Gasteiger partial charge in [0.25, 0.3) is 11.5 Å². The SMILES string of the molecule is CCCCOC(=O)/C(OC)=C(/OC)C(=O)OCCCC.CCC[CH2][Sn][CH2]CCC. The third-order valence-electron chi connectivity index (χ3n) is 3.86. The zero-order valence-electron chi connectivity index (χ0n) is 19.4. The van der Waals surface area contributed by atoms with Crippen molar-refractivity contribution in [2.45, 2.75) is 87.9 Å². The summed E-state index contributed by atoms with van der Waals surface area (Å²) in [6.45, 7) is 9.08. The Balaban J connectivity index is 0. The topological polar surface area (TPSA) is 71.1 Å². The minimum atomic E-state index is -0.731. The molecule has 0 aliphatic rings. The molecule has 0 aromatic heterocycles. The van der Waals surface area contributed by atoms with Crippen molar-refractivity contribution in [3.63, 3.8) is 0 Å². The zero-order chi connectivity index (χ0) is 22.3. The summed E-state index contributed by atoms with van der Waals surface area (Å²) in [5.74, 6) is -2.01. The van der Waals surface area contributed by atoms with E-state index in [0.29, 0.717) is 0 Å². The van der Waals surface area contributed by atoms with Gasteiger partial charge in [0.1, 0.15) is 0 Å². The van der Waals surface area contributed by atoms with Crippen LogP contribution in [0.25, 0.3) is 0 Å². The Morgan fingerprint density at radius 2 is 0.966 bits per heavy atom. The quantitative estimate of drug-likeness (QED) is 0.0903. The van der Waals surface area contributed by atoms with E-state index < -0.39 is 11.9 Å². The van der Waals surface area contributed by atoms with Gasteiger partial charge in [-0.25, -0.2) is 9.59 Å². The average Bonchev–Trinajstić information content (AvgIpc) is 2.72. The molecule has 0 saturated heterocycles. The molecule has 0 aliphatic carbocycles. The van der Waals surface area contributed by atoms with Crippen molar-refractivity contribution >= 4 is 33.1 Å². The summed E-state index contributed by atoms with van der Waals surface area (Å²) in [6, 6.07) is 0.